The van der Waals surface area contributed by atoms with E-state index < -0.39 is 0 Å². The van der Waals surface area contributed by atoms with Crippen LogP contribution in [0.3, 0.4) is 0 Å². The first kappa shape index (κ1) is 13.5. The van der Waals surface area contributed by atoms with Crippen LogP contribution in [0.1, 0.15) is 36.8 Å². The number of hydrogen-bond acceptors (Lipinski definition) is 3. The summed E-state index contributed by atoms with van der Waals surface area (Å²) in [4.78, 5) is 0. The van der Waals surface area contributed by atoms with Crippen molar-refractivity contribution in [3.8, 4) is 0 Å². The molecule has 0 radical (unpaired) electrons. The van der Waals surface area contributed by atoms with Gasteiger partial charge < -0.3 is 14.9 Å². The third-order valence-corrected chi connectivity index (χ3v) is 3.74. The minimum Gasteiger partial charge on any atom is -0.396 e. The largest absolute Gasteiger partial charge is 0.396 e. The van der Waals surface area contributed by atoms with Gasteiger partial charge in [-0.1, -0.05) is 24.3 Å². The van der Waals surface area contributed by atoms with Crippen LogP contribution in [0.25, 0.3) is 0 Å². The van der Waals surface area contributed by atoms with Crippen LogP contribution in [0.2, 0.25) is 0 Å². The van der Waals surface area contributed by atoms with E-state index in [9.17, 15) is 0 Å². The summed E-state index contributed by atoms with van der Waals surface area (Å²) in [5.41, 5.74) is 2.08. The van der Waals surface area contributed by atoms with Gasteiger partial charge in [-0.2, -0.15) is 0 Å². The molecule has 0 unspecified atom stereocenters. The fourth-order valence-electron chi connectivity index (χ4n) is 2.44. The summed E-state index contributed by atoms with van der Waals surface area (Å²) < 4.78 is 5.89. The van der Waals surface area contributed by atoms with Gasteiger partial charge in [-0.05, 0) is 42.7 Å². The molecular weight excluding hydrogens is 228 g/mol. The van der Waals surface area contributed by atoms with Gasteiger partial charge in [0.2, 0.25) is 0 Å². The van der Waals surface area contributed by atoms with Crippen LogP contribution in [0.4, 0.5) is 0 Å². The summed E-state index contributed by atoms with van der Waals surface area (Å²) in [5, 5.41) is 18.0. The number of benzene rings is 1. The molecule has 0 atom stereocenters. The number of ether oxygens (including phenoxy) is 1. The van der Waals surface area contributed by atoms with E-state index in [0.29, 0.717) is 25.2 Å². The first-order chi connectivity index (χ1) is 8.81. The van der Waals surface area contributed by atoms with Crippen LogP contribution in [0.5, 0.6) is 0 Å². The molecule has 0 saturated heterocycles. The number of hydrogen-bond donors (Lipinski definition) is 2. The normalized spacial score (nSPS) is 24.1. The zero-order valence-corrected chi connectivity index (χ0v) is 10.7. The van der Waals surface area contributed by atoms with Crippen LogP contribution in [-0.2, 0) is 18.0 Å². The summed E-state index contributed by atoms with van der Waals surface area (Å²) in [6, 6.07) is 7.87. The average Bonchev–Trinajstić information content (AvgIpc) is 2.46. The third kappa shape index (κ3) is 3.80. The van der Waals surface area contributed by atoms with Crippen molar-refractivity contribution in [2.24, 2.45) is 5.92 Å². The predicted octanol–water partition coefficient (Wildman–Crippen LogP) is 2.25. The van der Waals surface area contributed by atoms with Crippen LogP contribution >= 0.6 is 0 Å². The highest BCUT2D eigenvalue weighted by molar-refractivity contribution is 5.21. The van der Waals surface area contributed by atoms with E-state index in [0.717, 1.165) is 36.8 Å². The van der Waals surface area contributed by atoms with Crippen molar-refractivity contribution in [2.45, 2.75) is 45.0 Å². The molecule has 1 aliphatic rings. The lowest BCUT2D eigenvalue weighted by molar-refractivity contribution is 0.00119. The van der Waals surface area contributed by atoms with Crippen LogP contribution in [-0.4, -0.2) is 22.9 Å². The van der Waals surface area contributed by atoms with Gasteiger partial charge >= 0.3 is 0 Å². The van der Waals surface area contributed by atoms with Crippen molar-refractivity contribution in [1.29, 1.82) is 0 Å². The van der Waals surface area contributed by atoms with Crippen molar-refractivity contribution in [2.75, 3.05) is 6.61 Å². The Labute approximate surface area is 108 Å². The van der Waals surface area contributed by atoms with E-state index in [2.05, 4.69) is 0 Å². The summed E-state index contributed by atoms with van der Waals surface area (Å²) in [7, 11) is 0. The first-order valence-electron chi connectivity index (χ1n) is 6.73. The van der Waals surface area contributed by atoms with Crippen LogP contribution in [0, 0.1) is 5.92 Å². The number of rotatable bonds is 5. The Hall–Kier alpha value is -0.900. The summed E-state index contributed by atoms with van der Waals surface area (Å²) in [6.07, 6.45) is 4.60. The van der Waals surface area contributed by atoms with Crippen molar-refractivity contribution >= 4 is 0 Å². The lowest BCUT2D eigenvalue weighted by Crippen LogP contribution is -2.23. The molecule has 2 N–H and O–H groups in total. The lowest BCUT2D eigenvalue weighted by atomic mass is 9.88. The molecular formula is C15H22O3. The average molecular weight is 250 g/mol. The minimum absolute atomic E-state index is 0.0896. The fourth-order valence-corrected chi connectivity index (χ4v) is 2.44. The van der Waals surface area contributed by atoms with E-state index in [1.807, 2.05) is 24.3 Å². The lowest BCUT2D eigenvalue weighted by Gasteiger charge is -2.27. The smallest absolute Gasteiger partial charge is 0.0720 e. The highest BCUT2D eigenvalue weighted by atomic mass is 16.5. The van der Waals surface area contributed by atoms with Crippen molar-refractivity contribution < 1.29 is 14.9 Å². The zero-order valence-electron chi connectivity index (χ0n) is 10.7. The molecule has 18 heavy (non-hydrogen) atoms. The Morgan fingerprint density at radius 1 is 0.944 bits per heavy atom. The standard InChI is InChI=1S/C15H22O3/c16-9-12-1-3-14(4-2-12)11-18-15-7-5-13(10-17)6-8-15/h1-4,13,15-17H,5-11H2. The van der Waals surface area contributed by atoms with Gasteiger partial charge in [0.25, 0.3) is 0 Å². The van der Waals surface area contributed by atoms with Gasteiger partial charge in [0.15, 0.2) is 0 Å². The number of aliphatic hydroxyl groups is 2. The SMILES string of the molecule is OCc1ccc(COC2CCC(CO)CC2)cc1. The maximum Gasteiger partial charge on any atom is 0.0720 e. The summed E-state index contributed by atoms with van der Waals surface area (Å²) >= 11 is 0. The molecule has 1 aromatic carbocycles. The quantitative estimate of drug-likeness (QED) is 0.842. The Bertz CT molecular complexity index is 339. The molecule has 0 aliphatic heterocycles. The molecule has 100 valence electrons. The second kappa shape index (κ2) is 6.88. The minimum atomic E-state index is 0.0896. The highest BCUT2D eigenvalue weighted by Crippen LogP contribution is 2.26. The van der Waals surface area contributed by atoms with E-state index in [1.165, 1.54) is 0 Å². The van der Waals surface area contributed by atoms with Gasteiger partial charge in [-0.3, -0.25) is 0 Å². The summed E-state index contributed by atoms with van der Waals surface area (Å²) in [6.45, 7) is 1.04. The zero-order chi connectivity index (χ0) is 12.8. The molecule has 1 saturated carbocycles. The van der Waals surface area contributed by atoms with Crippen molar-refractivity contribution in [1.82, 2.24) is 0 Å². The fraction of sp³-hybridized carbons (Fsp3) is 0.600. The van der Waals surface area contributed by atoms with Crippen LogP contribution < -0.4 is 0 Å². The molecule has 3 heteroatoms. The number of aliphatic hydroxyl groups excluding tert-OH is 2. The molecule has 2 rings (SSSR count). The van der Waals surface area contributed by atoms with Gasteiger partial charge in [0.05, 0.1) is 19.3 Å². The van der Waals surface area contributed by atoms with Crippen molar-refractivity contribution in [3.05, 3.63) is 35.4 Å². The van der Waals surface area contributed by atoms with E-state index in [4.69, 9.17) is 14.9 Å². The maximum absolute atomic E-state index is 9.07. The van der Waals surface area contributed by atoms with Gasteiger partial charge in [-0.25, -0.2) is 0 Å². The Balaban J connectivity index is 1.74. The molecule has 3 nitrogen and oxygen atoms in total. The Kier molecular flexibility index (Phi) is 5.17. The molecule has 0 amide bonds. The highest BCUT2D eigenvalue weighted by Gasteiger charge is 2.20. The Morgan fingerprint density at radius 2 is 1.56 bits per heavy atom. The predicted molar refractivity (Wildman–Crippen MR) is 70.0 cm³/mol. The molecule has 1 aromatic rings. The van der Waals surface area contributed by atoms with Crippen molar-refractivity contribution in [3.63, 3.8) is 0 Å². The Morgan fingerprint density at radius 3 is 2.11 bits per heavy atom. The van der Waals surface area contributed by atoms with Gasteiger partial charge in [0.1, 0.15) is 0 Å². The maximum atomic E-state index is 9.07. The molecule has 0 spiro atoms. The van der Waals surface area contributed by atoms with E-state index in [-0.39, 0.29) is 6.61 Å². The molecule has 1 aliphatic carbocycles. The monoisotopic (exact) mass is 250 g/mol. The van der Waals surface area contributed by atoms with Gasteiger partial charge in [0, 0.05) is 6.61 Å². The van der Waals surface area contributed by atoms with E-state index >= 15 is 0 Å². The molecule has 0 bridgehead atoms. The molecule has 1 fully saturated rings. The van der Waals surface area contributed by atoms with Crippen LogP contribution in [0.15, 0.2) is 24.3 Å². The van der Waals surface area contributed by atoms with E-state index in [1.54, 1.807) is 0 Å². The van der Waals surface area contributed by atoms with Gasteiger partial charge in [-0.15, -0.1) is 0 Å². The second-order valence-electron chi connectivity index (χ2n) is 5.11. The first-order valence-corrected chi connectivity index (χ1v) is 6.73. The summed E-state index contributed by atoms with van der Waals surface area (Å²) in [5.74, 6) is 0.480. The molecule has 0 aromatic heterocycles. The molecule has 0 heterocycles. The second-order valence-corrected chi connectivity index (χ2v) is 5.11. The third-order valence-electron chi connectivity index (χ3n) is 3.74. The topological polar surface area (TPSA) is 49.7 Å².